The first-order chi connectivity index (χ1) is 12.5. The van der Waals surface area contributed by atoms with Gasteiger partial charge in [-0.1, -0.05) is 18.9 Å². The molecule has 0 aliphatic heterocycles. The SMILES string of the molecule is Cc1ccc(C(=O)N[C@H]2CCCC[C@@H]2O)cc1CNc1cncc(Br)c1. The van der Waals surface area contributed by atoms with Gasteiger partial charge in [0.2, 0.25) is 0 Å². The fraction of sp³-hybridized carbons (Fsp3) is 0.400. The molecular formula is C20H24BrN3O2. The van der Waals surface area contributed by atoms with Crippen LogP contribution in [0.5, 0.6) is 0 Å². The van der Waals surface area contributed by atoms with Crippen molar-refractivity contribution >= 4 is 27.5 Å². The number of hydrogen-bond acceptors (Lipinski definition) is 4. The summed E-state index contributed by atoms with van der Waals surface area (Å²) in [6, 6.07) is 7.53. The zero-order valence-electron chi connectivity index (χ0n) is 14.8. The average Bonchev–Trinajstić information content (AvgIpc) is 2.63. The van der Waals surface area contributed by atoms with Crippen LogP contribution >= 0.6 is 15.9 Å². The van der Waals surface area contributed by atoms with E-state index in [2.05, 4.69) is 31.5 Å². The highest BCUT2D eigenvalue weighted by atomic mass is 79.9. The van der Waals surface area contributed by atoms with Crippen molar-refractivity contribution in [2.75, 3.05) is 5.32 Å². The zero-order chi connectivity index (χ0) is 18.5. The second-order valence-corrected chi connectivity index (χ2v) is 7.73. The fourth-order valence-electron chi connectivity index (χ4n) is 3.24. The zero-order valence-corrected chi connectivity index (χ0v) is 16.4. The Kier molecular flexibility index (Phi) is 6.27. The molecule has 1 saturated carbocycles. The van der Waals surface area contributed by atoms with Crippen molar-refractivity contribution < 1.29 is 9.90 Å². The molecule has 138 valence electrons. The van der Waals surface area contributed by atoms with E-state index >= 15 is 0 Å². The van der Waals surface area contributed by atoms with Gasteiger partial charge in [0.25, 0.3) is 5.91 Å². The molecule has 1 aliphatic rings. The van der Waals surface area contributed by atoms with Gasteiger partial charge >= 0.3 is 0 Å². The molecule has 2 aromatic rings. The van der Waals surface area contributed by atoms with E-state index in [0.29, 0.717) is 12.1 Å². The van der Waals surface area contributed by atoms with Crippen LogP contribution in [0.2, 0.25) is 0 Å². The quantitative estimate of drug-likeness (QED) is 0.691. The van der Waals surface area contributed by atoms with E-state index in [1.54, 1.807) is 12.4 Å². The summed E-state index contributed by atoms with van der Waals surface area (Å²) in [6.45, 7) is 2.64. The van der Waals surface area contributed by atoms with Crippen LogP contribution in [0.1, 0.15) is 47.2 Å². The Labute approximate surface area is 162 Å². The molecule has 0 spiro atoms. The van der Waals surface area contributed by atoms with Gasteiger partial charge in [-0.2, -0.15) is 0 Å². The van der Waals surface area contributed by atoms with Crippen molar-refractivity contribution in [3.63, 3.8) is 0 Å². The number of aliphatic hydroxyl groups is 1. The molecule has 5 nitrogen and oxygen atoms in total. The maximum atomic E-state index is 12.6. The van der Waals surface area contributed by atoms with E-state index in [1.807, 2.05) is 31.2 Å². The first-order valence-corrected chi connectivity index (χ1v) is 9.75. The van der Waals surface area contributed by atoms with Crippen molar-refractivity contribution in [1.29, 1.82) is 0 Å². The number of aliphatic hydroxyl groups excluding tert-OH is 1. The summed E-state index contributed by atoms with van der Waals surface area (Å²) in [7, 11) is 0. The van der Waals surface area contributed by atoms with Crippen LogP contribution < -0.4 is 10.6 Å². The highest BCUT2D eigenvalue weighted by Crippen LogP contribution is 2.20. The van der Waals surface area contributed by atoms with Gasteiger partial charge in [0, 0.05) is 22.8 Å². The van der Waals surface area contributed by atoms with Crippen molar-refractivity contribution in [2.24, 2.45) is 0 Å². The summed E-state index contributed by atoms with van der Waals surface area (Å²) < 4.78 is 0.915. The van der Waals surface area contributed by atoms with Gasteiger partial charge in [0.15, 0.2) is 0 Å². The summed E-state index contributed by atoms with van der Waals surface area (Å²) in [5, 5.41) is 16.4. The van der Waals surface area contributed by atoms with Crippen molar-refractivity contribution in [1.82, 2.24) is 10.3 Å². The van der Waals surface area contributed by atoms with Crippen LogP contribution in [0, 0.1) is 6.92 Å². The molecule has 0 bridgehead atoms. The minimum absolute atomic E-state index is 0.124. The van der Waals surface area contributed by atoms with Crippen LogP contribution in [-0.2, 0) is 6.54 Å². The summed E-state index contributed by atoms with van der Waals surface area (Å²) in [5.41, 5.74) is 3.72. The molecule has 3 N–H and O–H groups in total. The Morgan fingerprint density at radius 2 is 2.08 bits per heavy atom. The lowest BCUT2D eigenvalue weighted by Gasteiger charge is -2.28. The Balaban J connectivity index is 1.67. The predicted molar refractivity (Wildman–Crippen MR) is 106 cm³/mol. The van der Waals surface area contributed by atoms with Crippen molar-refractivity contribution in [3.8, 4) is 0 Å². The molecule has 26 heavy (non-hydrogen) atoms. The maximum absolute atomic E-state index is 12.6. The molecule has 1 amide bonds. The number of halogens is 1. The molecule has 1 fully saturated rings. The van der Waals surface area contributed by atoms with E-state index in [9.17, 15) is 9.90 Å². The number of aryl methyl sites for hydroxylation is 1. The lowest BCUT2D eigenvalue weighted by atomic mass is 9.92. The molecule has 0 saturated heterocycles. The molecule has 0 unspecified atom stereocenters. The van der Waals surface area contributed by atoms with E-state index in [1.165, 1.54) is 0 Å². The number of hydrogen-bond donors (Lipinski definition) is 3. The Bertz CT molecular complexity index is 781. The molecule has 2 atom stereocenters. The van der Waals surface area contributed by atoms with Crippen molar-refractivity contribution in [3.05, 3.63) is 57.8 Å². The Morgan fingerprint density at radius 1 is 1.27 bits per heavy atom. The third-order valence-corrected chi connectivity index (χ3v) is 5.28. The molecule has 0 radical (unpaired) electrons. The first-order valence-electron chi connectivity index (χ1n) is 8.96. The van der Waals surface area contributed by atoms with Gasteiger partial charge in [-0.05, 0) is 65.0 Å². The highest BCUT2D eigenvalue weighted by molar-refractivity contribution is 9.10. The molecule has 1 heterocycles. The number of amides is 1. The highest BCUT2D eigenvalue weighted by Gasteiger charge is 2.24. The summed E-state index contributed by atoms with van der Waals surface area (Å²) in [5.74, 6) is -0.124. The monoisotopic (exact) mass is 417 g/mol. The van der Waals surface area contributed by atoms with Crippen LogP contribution in [0.3, 0.4) is 0 Å². The minimum atomic E-state index is -0.441. The van der Waals surface area contributed by atoms with Crippen molar-refractivity contribution in [2.45, 2.75) is 51.3 Å². The van der Waals surface area contributed by atoms with Gasteiger partial charge in [0.05, 0.1) is 24.0 Å². The minimum Gasteiger partial charge on any atom is -0.391 e. The maximum Gasteiger partial charge on any atom is 0.251 e. The number of nitrogens with zero attached hydrogens (tertiary/aromatic N) is 1. The average molecular weight is 418 g/mol. The third-order valence-electron chi connectivity index (χ3n) is 4.85. The molecule has 1 aromatic carbocycles. The van der Waals surface area contributed by atoms with Gasteiger partial charge in [-0.25, -0.2) is 0 Å². The van der Waals surface area contributed by atoms with Gasteiger partial charge in [0.1, 0.15) is 0 Å². The molecule has 1 aromatic heterocycles. The number of carbonyl (C=O) groups excluding carboxylic acids is 1. The van der Waals surface area contributed by atoms with E-state index < -0.39 is 6.10 Å². The van der Waals surface area contributed by atoms with Crippen LogP contribution in [0.4, 0.5) is 5.69 Å². The molecular weight excluding hydrogens is 394 g/mol. The number of carbonyl (C=O) groups is 1. The van der Waals surface area contributed by atoms with E-state index in [4.69, 9.17) is 0 Å². The van der Waals surface area contributed by atoms with E-state index in [-0.39, 0.29) is 11.9 Å². The van der Waals surface area contributed by atoms with Crippen LogP contribution in [0.15, 0.2) is 41.1 Å². The van der Waals surface area contributed by atoms with Crippen LogP contribution in [-0.4, -0.2) is 28.1 Å². The van der Waals surface area contributed by atoms with Crippen LogP contribution in [0.25, 0.3) is 0 Å². The van der Waals surface area contributed by atoms with E-state index in [0.717, 1.165) is 47.0 Å². The Hall–Kier alpha value is -1.92. The topological polar surface area (TPSA) is 74.2 Å². The standard InChI is InChI=1S/C20H24BrN3O2/c1-13-6-7-14(20(26)24-18-4-2-3-5-19(18)25)8-15(13)10-23-17-9-16(21)11-22-12-17/h6-9,11-12,18-19,23,25H,2-5,10H2,1H3,(H,24,26)/t18-,19-/m0/s1. The number of rotatable bonds is 5. The summed E-state index contributed by atoms with van der Waals surface area (Å²) in [6.07, 6.45) is 6.73. The lowest BCUT2D eigenvalue weighted by molar-refractivity contribution is 0.0717. The number of pyridine rings is 1. The second-order valence-electron chi connectivity index (χ2n) is 6.82. The number of aromatic nitrogens is 1. The first kappa shape index (κ1) is 18.9. The number of nitrogens with one attached hydrogen (secondary N) is 2. The third kappa shape index (κ3) is 4.83. The fourth-order valence-corrected chi connectivity index (χ4v) is 3.61. The number of benzene rings is 1. The number of anilines is 1. The predicted octanol–water partition coefficient (Wildman–Crippen LogP) is 3.80. The largest absolute Gasteiger partial charge is 0.391 e. The van der Waals surface area contributed by atoms with Gasteiger partial charge < -0.3 is 15.7 Å². The Morgan fingerprint density at radius 3 is 2.85 bits per heavy atom. The van der Waals surface area contributed by atoms with Gasteiger partial charge in [-0.15, -0.1) is 0 Å². The normalized spacial score (nSPS) is 19.8. The second kappa shape index (κ2) is 8.64. The molecule has 3 rings (SSSR count). The smallest absolute Gasteiger partial charge is 0.251 e. The van der Waals surface area contributed by atoms with Gasteiger partial charge in [-0.3, -0.25) is 9.78 Å². The molecule has 1 aliphatic carbocycles. The summed E-state index contributed by atoms with van der Waals surface area (Å²) >= 11 is 3.41. The summed E-state index contributed by atoms with van der Waals surface area (Å²) in [4.78, 5) is 16.7. The lowest BCUT2D eigenvalue weighted by Crippen LogP contribution is -2.45. The molecule has 6 heteroatoms.